The van der Waals surface area contributed by atoms with Crippen LogP contribution in [-0.4, -0.2) is 31.9 Å². The molecule has 1 fully saturated rings. The van der Waals surface area contributed by atoms with Crippen LogP contribution in [-0.2, 0) is 7.05 Å². The number of nitrogens with zero attached hydrogens (tertiary/aromatic N) is 3. The zero-order chi connectivity index (χ0) is 20.7. The minimum Gasteiger partial charge on any atom is -0.348 e. The highest BCUT2D eigenvalue weighted by Gasteiger charge is 2.27. The number of aryl methyl sites for hydroxylation is 1. The zero-order valence-electron chi connectivity index (χ0n) is 16.8. The number of fused-ring (bicyclic) bond motifs is 2. The summed E-state index contributed by atoms with van der Waals surface area (Å²) in [6, 6.07) is 15.5. The number of carbonyl (C=O) groups is 1. The van der Waals surface area contributed by atoms with Crippen molar-refractivity contribution in [2.75, 3.05) is 0 Å². The summed E-state index contributed by atoms with van der Waals surface area (Å²) >= 11 is 0. The predicted octanol–water partition coefficient (Wildman–Crippen LogP) is 3.27. The average molecular weight is 401 g/mol. The number of rotatable bonds is 3. The minimum atomic E-state index is -0.155. The lowest BCUT2D eigenvalue weighted by Gasteiger charge is -2.29. The number of benzene rings is 2. The van der Waals surface area contributed by atoms with E-state index in [0.717, 1.165) is 47.7 Å². The van der Waals surface area contributed by atoms with E-state index in [1.165, 1.54) is 0 Å². The molecule has 4 aromatic rings. The smallest absolute Gasteiger partial charge is 0.272 e. The van der Waals surface area contributed by atoms with Gasteiger partial charge in [-0.3, -0.25) is 14.3 Å². The van der Waals surface area contributed by atoms with E-state index in [4.69, 9.17) is 0 Å². The number of aromatic amines is 1. The van der Waals surface area contributed by atoms with E-state index in [1.807, 2.05) is 55.6 Å². The summed E-state index contributed by atoms with van der Waals surface area (Å²) < 4.78 is 1.74. The molecule has 0 aliphatic heterocycles. The molecule has 1 aliphatic rings. The van der Waals surface area contributed by atoms with Gasteiger partial charge < -0.3 is 5.32 Å². The highest BCUT2D eigenvalue weighted by Crippen LogP contribution is 2.34. The topological polar surface area (TPSA) is 92.7 Å². The van der Waals surface area contributed by atoms with Gasteiger partial charge in [-0.05, 0) is 37.8 Å². The Morgan fingerprint density at radius 3 is 2.43 bits per heavy atom. The number of para-hydroxylation sites is 1. The number of nitrogens with one attached hydrogen (secondary N) is 2. The molecule has 1 aliphatic carbocycles. The molecule has 2 heterocycles. The largest absolute Gasteiger partial charge is 0.348 e. The van der Waals surface area contributed by atoms with Gasteiger partial charge in [0.1, 0.15) is 0 Å². The summed E-state index contributed by atoms with van der Waals surface area (Å²) in [5.74, 6) is 0.151. The molecule has 5 rings (SSSR count). The van der Waals surface area contributed by atoms with Crippen molar-refractivity contribution in [3.8, 4) is 0 Å². The Balaban J connectivity index is 1.30. The Morgan fingerprint density at radius 1 is 1.00 bits per heavy atom. The van der Waals surface area contributed by atoms with E-state index in [-0.39, 0.29) is 23.4 Å². The van der Waals surface area contributed by atoms with Crippen molar-refractivity contribution in [3.63, 3.8) is 0 Å². The summed E-state index contributed by atoms with van der Waals surface area (Å²) in [6.07, 6.45) is 3.57. The molecule has 7 heteroatoms. The molecule has 152 valence electrons. The van der Waals surface area contributed by atoms with Gasteiger partial charge in [-0.25, -0.2) is 5.10 Å². The molecule has 1 saturated carbocycles. The molecule has 0 radical (unpaired) electrons. The second-order valence-electron chi connectivity index (χ2n) is 7.99. The second kappa shape index (κ2) is 7.40. The first-order valence-corrected chi connectivity index (χ1v) is 10.3. The molecular formula is C23H23N5O2. The van der Waals surface area contributed by atoms with Gasteiger partial charge >= 0.3 is 0 Å². The first kappa shape index (κ1) is 18.5. The van der Waals surface area contributed by atoms with E-state index < -0.39 is 0 Å². The standard InChI is InChI=1S/C23H23N5O2/c1-28-19-9-5-4-8-18(19)21(27-28)23(30)24-15-12-10-14(11-13-15)20-16-6-2-3-7-17(16)22(29)26-25-20/h2-9,14-15H,10-13H2,1H3,(H,24,30)(H,26,29)/t14-,15+. The van der Waals surface area contributed by atoms with Crippen LogP contribution in [0.15, 0.2) is 53.3 Å². The third kappa shape index (κ3) is 3.16. The van der Waals surface area contributed by atoms with E-state index in [1.54, 1.807) is 4.68 Å². The number of aromatic nitrogens is 4. The molecule has 0 atom stereocenters. The lowest BCUT2D eigenvalue weighted by molar-refractivity contribution is 0.0921. The van der Waals surface area contributed by atoms with E-state index in [2.05, 4.69) is 20.6 Å². The highest BCUT2D eigenvalue weighted by molar-refractivity contribution is 6.04. The number of amides is 1. The average Bonchev–Trinajstić information content (AvgIpc) is 3.12. The molecule has 0 unspecified atom stereocenters. The first-order chi connectivity index (χ1) is 14.6. The fourth-order valence-corrected chi connectivity index (χ4v) is 4.59. The first-order valence-electron chi connectivity index (χ1n) is 10.3. The normalized spacial score (nSPS) is 19.2. The third-order valence-electron chi connectivity index (χ3n) is 6.15. The molecule has 2 aromatic heterocycles. The molecule has 30 heavy (non-hydrogen) atoms. The Morgan fingerprint density at radius 2 is 1.67 bits per heavy atom. The van der Waals surface area contributed by atoms with Crippen LogP contribution in [0.4, 0.5) is 0 Å². The van der Waals surface area contributed by atoms with Gasteiger partial charge in [0, 0.05) is 29.8 Å². The van der Waals surface area contributed by atoms with Crippen molar-refractivity contribution in [1.82, 2.24) is 25.3 Å². The molecule has 2 aromatic carbocycles. The van der Waals surface area contributed by atoms with Gasteiger partial charge in [-0.15, -0.1) is 0 Å². The van der Waals surface area contributed by atoms with Crippen LogP contribution in [0.1, 0.15) is 47.8 Å². The SMILES string of the molecule is Cn1nc(C(=O)N[C@H]2CC[C@@H](c3n[nH]c(=O)c4ccccc43)CC2)c2ccccc21. The van der Waals surface area contributed by atoms with E-state index in [9.17, 15) is 9.59 Å². The Kier molecular flexibility index (Phi) is 4.58. The monoisotopic (exact) mass is 401 g/mol. The number of carbonyl (C=O) groups excluding carboxylic acids is 1. The van der Waals surface area contributed by atoms with Gasteiger partial charge in [-0.2, -0.15) is 10.2 Å². The summed E-state index contributed by atoms with van der Waals surface area (Å²) in [6.45, 7) is 0. The molecule has 7 nitrogen and oxygen atoms in total. The number of H-pyrrole nitrogens is 1. The van der Waals surface area contributed by atoms with Crippen molar-refractivity contribution in [3.05, 3.63) is 70.3 Å². The van der Waals surface area contributed by atoms with Crippen LogP contribution in [0.2, 0.25) is 0 Å². The number of hydrogen-bond acceptors (Lipinski definition) is 4. The Labute approximate surface area is 173 Å². The quantitative estimate of drug-likeness (QED) is 0.551. The molecule has 0 saturated heterocycles. The summed E-state index contributed by atoms with van der Waals surface area (Å²) in [7, 11) is 1.85. The van der Waals surface area contributed by atoms with Crippen LogP contribution in [0, 0.1) is 0 Å². The van der Waals surface area contributed by atoms with Crippen molar-refractivity contribution < 1.29 is 4.79 Å². The van der Waals surface area contributed by atoms with Crippen molar-refractivity contribution in [2.24, 2.45) is 7.05 Å². The van der Waals surface area contributed by atoms with Crippen molar-refractivity contribution in [1.29, 1.82) is 0 Å². The molecule has 2 N–H and O–H groups in total. The summed E-state index contributed by atoms with van der Waals surface area (Å²) in [4.78, 5) is 24.9. The Hall–Kier alpha value is -3.48. The van der Waals surface area contributed by atoms with Crippen LogP contribution >= 0.6 is 0 Å². The molecular weight excluding hydrogens is 378 g/mol. The Bertz CT molecular complexity index is 1300. The summed E-state index contributed by atoms with van der Waals surface area (Å²) in [5.41, 5.74) is 2.22. The molecule has 0 bridgehead atoms. The van der Waals surface area contributed by atoms with Crippen molar-refractivity contribution >= 4 is 27.6 Å². The maximum absolute atomic E-state index is 12.9. The lowest BCUT2D eigenvalue weighted by Crippen LogP contribution is -2.37. The third-order valence-corrected chi connectivity index (χ3v) is 6.15. The highest BCUT2D eigenvalue weighted by atomic mass is 16.2. The van der Waals surface area contributed by atoms with E-state index >= 15 is 0 Å². The van der Waals surface area contributed by atoms with Crippen molar-refractivity contribution in [2.45, 2.75) is 37.6 Å². The van der Waals surface area contributed by atoms with Crippen LogP contribution in [0.3, 0.4) is 0 Å². The number of hydrogen-bond donors (Lipinski definition) is 2. The summed E-state index contributed by atoms with van der Waals surface area (Å²) in [5, 5.41) is 17.1. The van der Waals surface area contributed by atoms with Crippen LogP contribution in [0.5, 0.6) is 0 Å². The lowest BCUT2D eigenvalue weighted by atomic mass is 9.82. The second-order valence-corrected chi connectivity index (χ2v) is 7.99. The van der Waals surface area contributed by atoms with Crippen LogP contribution in [0.25, 0.3) is 21.7 Å². The fraction of sp³-hybridized carbons (Fsp3) is 0.304. The maximum Gasteiger partial charge on any atom is 0.272 e. The minimum absolute atomic E-state index is 0.114. The molecule has 1 amide bonds. The van der Waals surface area contributed by atoms with Gasteiger partial charge in [0.25, 0.3) is 11.5 Å². The maximum atomic E-state index is 12.9. The van der Waals surface area contributed by atoms with Gasteiger partial charge in [-0.1, -0.05) is 36.4 Å². The zero-order valence-corrected chi connectivity index (χ0v) is 16.8. The molecule has 0 spiro atoms. The fourth-order valence-electron chi connectivity index (χ4n) is 4.59. The van der Waals surface area contributed by atoms with Gasteiger partial charge in [0.05, 0.1) is 16.6 Å². The van der Waals surface area contributed by atoms with E-state index in [0.29, 0.717) is 11.1 Å². The van der Waals surface area contributed by atoms with Crippen LogP contribution < -0.4 is 10.9 Å². The van der Waals surface area contributed by atoms with Gasteiger partial charge in [0.2, 0.25) is 0 Å². The predicted molar refractivity (Wildman–Crippen MR) is 116 cm³/mol. The van der Waals surface area contributed by atoms with Gasteiger partial charge in [0.15, 0.2) is 5.69 Å².